The number of benzene rings is 1. The minimum atomic E-state index is -1.40. The zero-order valence-corrected chi connectivity index (χ0v) is 30.4. The average molecular weight is 720 g/mol. The Balaban J connectivity index is 2.01. The first-order valence-corrected chi connectivity index (χ1v) is 18.4. The summed E-state index contributed by atoms with van der Waals surface area (Å²) in [6.07, 6.45) is 8.27. The lowest BCUT2D eigenvalue weighted by atomic mass is 9.55. The van der Waals surface area contributed by atoms with Gasteiger partial charge in [-0.1, -0.05) is 37.1 Å². The highest BCUT2D eigenvalue weighted by molar-refractivity contribution is 6.18. The van der Waals surface area contributed by atoms with Gasteiger partial charge in [0.1, 0.15) is 31.3 Å². The Morgan fingerprint density at radius 1 is 1.18 bits per heavy atom. The molecule has 1 aromatic rings. The first kappa shape index (κ1) is 39.5. The van der Waals surface area contributed by atoms with E-state index in [-0.39, 0.29) is 56.5 Å². The molecule has 1 fully saturated rings. The monoisotopic (exact) mass is 719 g/mol. The van der Waals surface area contributed by atoms with E-state index < -0.39 is 29.9 Å². The number of aliphatic hydroxyl groups excluding tert-OH is 2. The van der Waals surface area contributed by atoms with Gasteiger partial charge >= 0.3 is 12.2 Å². The summed E-state index contributed by atoms with van der Waals surface area (Å²) < 4.78 is 25.3. The third kappa shape index (κ3) is 8.75. The zero-order chi connectivity index (χ0) is 36.1. The SMILES string of the molecule is C=CCOC12Oc3ccc(OC(=O)NCC)cc3C3C(CCCCO)C(CCCCO)C=C(C(=NOC)CC1N(CCC)C(=O)OCCCl)C32. The summed E-state index contributed by atoms with van der Waals surface area (Å²) in [5.41, 5.74) is 2.45. The van der Waals surface area contributed by atoms with Gasteiger partial charge in [0.2, 0.25) is 5.79 Å². The Hall–Kier alpha value is -3.32. The van der Waals surface area contributed by atoms with Crippen molar-refractivity contribution in [2.45, 2.75) is 83.0 Å². The first-order valence-electron chi connectivity index (χ1n) is 17.9. The van der Waals surface area contributed by atoms with E-state index in [9.17, 15) is 19.8 Å². The quantitative estimate of drug-likeness (QED) is 0.0663. The Kier molecular flexibility index (Phi) is 15.3. The molecule has 0 bridgehead atoms. The molecule has 6 unspecified atom stereocenters. The standard InChI is InChI=1S/C37H54ClN3O9/c1-5-17-41(36(45)47-21-16-38)32-24-30(40-46-4)28-22-25(12-8-10-18-42)27(13-9-11-19-43)33-29-23-26(49-35(44)39-7-3)14-15-31(29)50-37(32,34(28)33)48-20-6-2/h6,14-15,22-23,25,27,32-34,42-43H,2,5,7-13,16-21,24H2,1,3-4H3,(H,39,44). The molecule has 3 aliphatic rings. The number of amides is 2. The van der Waals surface area contributed by atoms with Crippen molar-refractivity contribution < 1.29 is 43.6 Å². The molecule has 278 valence electrons. The largest absolute Gasteiger partial charge is 0.459 e. The van der Waals surface area contributed by atoms with E-state index in [4.69, 9.17) is 35.4 Å². The molecular weight excluding hydrogens is 666 g/mol. The molecule has 0 saturated heterocycles. The summed E-state index contributed by atoms with van der Waals surface area (Å²) in [5, 5.41) is 26.7. The molecule has 50 heavy (non-hydrogen) atoms. The van der Waals surface area contributed by atoms with Crippen LogP contribution < -0.4 is 14.8 Å². The molecule has 0 radical (unpaired) electrons. The van der Waals surface area contributed by atoms with Gasteiger partial charge in [0.05, 0.1) is 24.1 Å². The van der Waals surface area contributed by atoms with E-state index >= 15 is 0 Å². The predicted octanol–water partition coefficient (Wildman–Crippen LogP) is 6.15. The predicted molar refractivity (Wildman–Crippen MR) is 191 cm³/mol. The van der Waals surface area contributed by atoms with Crippen LogP contribution in [0.5, 0.6) is 11.5 Å². The molecule has 0 aromatic heterocycles. The summed E-state index contributed by atoms with van der Waals surface area (Å²) in [6, 6.07) is 4.68. The van der Waals surface area contributed by atoms with Gasteiger partial charge < -0.3 is 39.3 Å². The van der Waals surface area contributed by atoms with Crippen LogP contribution in [0.1, 0.15) is 76.7 Å². The molecular formula is C37H54ClN3O9. The third-order valence-corrected chi connectivity index (χ3v) is 9.91. The number of allylic oxidation sites excluding steroid dienone is 1. The summed E-state index contributed by atoms with van der Waals surface area (Å²) >= 11 is 5.93. The number of nitrogens with one attached hydrogen (secondary N) is 1. The first-order chi connectivity index (χ1) is 24.3. The lowest BCUT2D eigenvalue weighted by Crippen LogP contribution is -2.70. The van der Waals surface area contributed by atoms with E-state index in [2.05, 4.69) is 23.1 Å². The fourth-order valence-corrected chi connectivity index (χ4v) is 8.01. The van der Waals surface area contributed by atoms with Gasteiger partial charge in [0, 0.05) is 44.2 Å². The van der Waals surface area contributed by atoms with Crippen LogP contribution in [-0.2, 0) is 14.3 Å². The number of fused-ring (bicyclic) bond motifs is 2. The number of carbonyl (C=O) groups is 2. The van der Waals surface area contributed by atoms with Crippen molar-refractivity contribution in [1.82, 2.24) is 10.2 Å². The second-order valence-electron chi connectivity index (χ2n) is 12.9. The highest BCUT2D eigenvalue weighted by Gasteiger charge is 2.65. The van der Waals surface area contributed by atoms with Crippen molar-refractivity contribution in [3.8, 4) is 11.5 Å². The molecule has 1 heterocycles. The Morgan fingerprint density at radius 3 is 2.60 bits per heavy atom. The van der Waals surface area contributed by atoms with E-state index in [0.29, 0.717) is 49.6 Å². The minimum Gasteiger partial charge on any atom is -0.459 e. The fraction of sp³-hybridized carbons (Fsp3) is 0.649. The molecule has 13 heteroatoms. The van der Waals surface area contributed by atoms with Crippen LogP contribution in [0.15, 0.2) is 47.7 Å². The Morgan fingerprint density at radius 2 is 1.94 bits per heavy atom. The number of nitrogens with zero attached hydrogens (tertiary/aromatic N) is 2. The minimum absolute atomic E-state index is 0.0356. The molecule has 2 amide bonds. The van der Waals surface area contributed by atoms with Crippen molar-refractivity contribution in [1.29, 1.82) is 0 Å². The number of hydrogen-bond donors (Lipinski definition) is 3. The molecule has 1 saturated carbocycles. The molecule has 0 spiro atoms. The van der Waals surface area contributed by atoms with Crippen molar-refractivity contribution in [2.75, 3.05) is 52.5 Å². The lowest BCUT2D eigenvalue weighted by Gasteiger charge is -2.59. The molecule has 6 atom stereocenters. The highest BCUT2D eigenvalue weighted by Crippen LogP contribution is 2.62. The fourth-order valence-electron chi connectivity index (χ4n) is 7.93. The van der Waals surface area contributed by atoms with Gasteiger partial charge in [0.15, 0.2) is 0 Å². The van der Waals surface area contributed by atoms with Crippen molar-refractivity contribution in [2.24, 2.45) is 22.9 Å². The van der Waals surface area contributed by atoms with Crippen molar-refractivity contribution in [3.63, 3.8) is 0 Å². The third-order valence-electron chi connectivity index (χ3n) is 9.76. The summed E-state index contributed by atoms with van der Waals surface area (Å²) in [7, 11) is 1.51. The van der Waals surface area contributed by atoms with Gasteiger partial charge in [-0.05, 0) is 74.6 Å². The second-order valence-corrected chi connectivity index (χ2v) is 13.2. The van der Waals surface area contributed by atoms with Crippen LogP contribution in [0.4, 0.5) is 9.59 Å². The number of carbonyl (C=O) groups excluding carboxylic acids is 2. The topological polar surface area (TPSA) is 148 Å². The molecule has 1 aliphatic heterocycles. The number of oxime groups is 1. The molecule has 12 nitrogen and oxygen atoms in total. The maximum absolute atomic E-state index is 13.8. The van der Waals surface area contributed by atoms with Crippen LogP contribution in [0, 0.1) is 17.8 Å². The molecule has 3 N–H and O–H groups in total. The van der Waals surface area contributed by atoms with Crippen molar-refractivity contribution in [3.05, 3.63) is 48.1 Å². The second kappa shape index (κ2) is 19.3. The van der Waals surface area contributed by atoms with Crippen LogP contribution in [0.25, 0.3) is 0 Å². The summed E-state index contributed by atoms with van der Waals surface area (Å²) in [5.74, 6) is -0.923. The van der Waals surface area contributed by atoms with Crippen LogP contribution in [0.3, 0.4) is 0 Å². The number of alkyl halides is 1. The van der Waals surface area contributed by atoms with Gasteiger partial charge in [-0.25, -0.2) is 9.59 Å². The smallest absolute Gasteiger partial charge is 0.412 e. The average Bonchev–Trinajstić information content (AvgIpc) is 3.11. The number of hydrogen-bond acceptors (Lipinski definition) is 10. The number of unbranched alkanes of at least 4 members (excludes halogenated alkanes) is 2. The van der Waals surface area contributed by atoms with Crippen LogP contribution in [-0.4, -0.2) is 97.3 Å². The van der Waals surface area contributed by atoms with Crippen LogP contribution in [0.2, 0.25) is 0 Å². The Labute approximate surface area is 300 Å². The van der Waals surface area contributed by atoms with Crippen molar-refractivity contribution >= 4 is 29.5 Å². The Bertz CT molecular complexity index is 1360. The van der Waals surface area contributed by atoms with Gasteiger partial charge in [-0.2, -0.15) is 0 Å². The lowest BCUT2D eigenvalue weighted by molar-refractivity contribution is -0.255. The maximum atomic E-state index is 13.8. The zero-order valence-electron chi connectivity index (χ0n) is 29.6. The van der Waals surface area contributed by atoms with E-state index in [0.717, 1.165) is 36.8 Å². The molecule has 4 rings (SSSR count). The van der Waals surface area contributed by atoms with Gasteiger partial charge in [0.25, 0.3) is 0 Å². The number of ether oxygens (including phenoxy) is 4. The molecule has 2 aliphatic carbocycles. The van der Waals surface area contributed by atoms with Gasteiger partial charge in [-0.15, -0.1) is 18.2 Å². The maximum Gasteiger partial charge on any atom is 0.412 e. The summed E-state index contributed by atoms with van der Waals surface area (Å²) in [4.78, 5) is 33.4. The number of halogens is 1. The number of rotatable bonds is 19. The van der Waals surface area contributed by atoms with Crippen LogP contribution >= 0.6 is 11.6 Å². The van der Waals surface area contributed by atoms with Gasteiger partial charge in [-0.3, -0.25) is 4.90 Å². The normalized spacial score (nSPS) is 25.8. The van der Waals surface area contributed by atoms with E-state index in [1.807, 2.05) is 19.9 Å². The number of aliphatic hydroxyl groups is 2. The molecule has 1 aromatic carbocycles. The van der Waals surface area contributed by atoms with E-state index in [1.165, 1.54) is 7.11 Å². The van der Waals surface area contributed by atoms with E-state index in [1.54, 1.807) is 23.1 Å². The summed E-state index contributed by atoms with van der Waals surface area (Å²) in [6.45, 7) is 8.90. The highest BCUT2D eigenvalue weighted by atomic mass is 35.5.